The van der Waals surface area contributed by atoms with E-state index in [0.717, 1.165) is 25.1 Å². The summed E-state index contributed by atoms with van der Waals surface area (Å²) >= 11 is 0. The Kier molecular flexibility index (Phi) is 2.96. The zero-order valence-corrected chi connectivity index (χ0v) is 10.8. The van der Waals surface area contributed by atoms with Crippen molar-refractivity contribution in [2.24, 2.45) is 5.73 Å². The summed E-state index contributed by atoms with van der Waals surface area (Å²) in [4.78, 5) is 14.1. The Morgan fingerprint density at radius 2 is 2.12 bits per heavy atom. The Labute approximate surface area is 103 Å². The molecule has 17 heavy (non-hydrogen) atoms. The zero-order chi connectivity index (χ0) is 12.6. The number of fused-ring (bicyclic) bond motifs is 1. The van der Waals surface area contributed by atoms with Gasteiger partial charge in [0, 0.05) is 12.2 Å². The number of benzene rings is 1. The highest BCUT2D eigenvalue weighted by molar-refractivity contribution is 6.00. The van der Waals surface area contributed by atoms with Gasteiger partial charge in [-0.15, -0.1) is 0 Å². The molecule has 3 nitrogen and oxygen atoms in total. The number of rotatable bonds is 1. The van der Waals surface area contributed by atoms with Gasteiger partial charge in [-0.1, -0.05) is 17.7 Å². The number of nitrogens with two attached hydrogens (primary N) is 1. The van der Waals surface area contributed by atoms with Crippen LogP contribution in [0.4, 0.5) is 5.69 Å². The predicted molar refractivity (Wildman–Crippen MR) is 70.1 cm³/mol. The lowest BCUT2D eigenvalue weighted by atomic mass is 9.96. The smallest absolute Gasteiger partial charge is 0.246 e. The van der Waals surface area contributed by atoms with Crippen LogP contribution in [-0.4, -0.2) is 18.0 Å². The number of carbonyl (C=O) groups excluding carboxylic acids is 1. The largest absolute Gasteiger partial charge is 0.318 e. The monoisotopic (exact) mass is 232 g/mol. The quantitative estimate of drug-likeness (QED) is 0.805. The van der Waals surface area contributed by atoms with Crippen molar-refractivity contribution >= 4 is 11.6 Å². The molecule has 0 radical (unpaired) electrons. The molecule has 0 aromatic heterocycles. The highest BCUT2D eigenvalue weighted by atomic mass is 16.2. The lowest BCUT2D eigenvalue weighted by Gasteiger charge is -2.34. The normalized spacial score (nSPS) is 15.6. The lowest BCUT2D eigenvalue weighted by molar-refractivity contribution is -0.122. The van der Waals surface area contributed by atoms with Crippen LogP contribution in [0.15, 0.2) is 18.2 Å². The molecule has 0 atom stereocenters. The third-order valence-electron chi connectivity index (χ3n) is 3.15. The molecule has 0 spiro atoms. The van der Waals surface area contributed by atoms with Gasteiger partial charge in [0.05, 0.1) is 5.54 Å². The fraction of sp³-hybridized carbons (Fsp3) is 0.500. The minimum atomic E-state index is -0.806. The Bertz CT molecular complexity index is 446. The molecule has 92 valence electrons. The summed E-state index contributed by atoms with van der Waals surface area (Å²) in [5.74, 6) is 0.00213. The van der Waals surface area contributed by atoms with Crippen molar-refractivity contribution in [3.05, 3.63) is 29.3 Å². The molecule has 0 saturated heterocycles. The maximum absolute atomic E-state index is 12.3. The molecule has 1 heterocycles. The van der Waals surface area contributed by atoms with E-state index in [1.165, 1.54) is 11.1 Å². The number of carbonyl (C=O) groups is 1. The topological polar surface area (TPSA) is 46.3 Å². The second-order valence-electron chi connectivity index (χ2n) is 5.41. The van der Waals surface area contributed by atoms with E-state index in [1.54, 1.807) is 13.8 Å². The Morgan fingerprint density at radius 3 is 2.76 bits per heavy atom. The summed E-state index contributed by atoms with van der Waals surface area (Å²) in [6.07, 6.45) is 2.06. The number of hydrogen-bond acceptors (Lipinski definition) is 2. The van der Waals surface area contributed by atoms with E-state index in [4.69, 9.17) is 5.73 Å². The molecular weight excluding hydrogens is 212 g/mol. The Hall–Kier alpha value is -1.35. The summed E-state index contributed by atoms with van der Waals surface area (Å²) in [5, 5.41) is 0. The Morgan fingerprint density at radius 1 is 1.41 bits per heavy atom. The van der Waals surface area contributed by atoms with Crippen LogP contribution in [0, 0.1) is 6.92 Å². The number of hydrogen-bond donors (Lipinski definition) is 1. The van der Waals surface area contributed by atoms with Crippen LogP contribution >= 0.6 is 0 Å². The SMILES string of the molecule is Cc1ccc2c(c1)CCCN2C(=O)C(C)(C)N. The molecule has 0 fully saturated rings. The summed E-state index contributed by atoms with van der Waals surface area (Å²) in [6, 6.07) is 6.25. The van der Waals surface area contributed by atoms with Gasteiger partial charge in [-0.05, 0) is 45.2 Å². The molecule has 3 heteroatoms. The summed E-state index contributed by atoms with van der Waals surface area (Å²) in [7, 11) is 0. The third kappa shape index (κ3) is 2.34. The molecule has 1 aromatic rings. The zero-order valence-electron chi connectivity index (χ0n) is 10.8. The van der Waals surface area contributed by atoms with Crippen LogP contribution < -0.4 is 10.6 Å². The van der Waals surface area contributed by atoms with Gasteiger partial charge in [-0.2, -0.15) is 0 Å². The Balaban J connectivity index is 2.39. The highest BCUT2D eigenvalue weighted by Gasteiger charge is 2.31. The number of nitrogens with zero attached hydrogens (tertiary/aromatic N) is 1. The van der Waals surface area contributed by atoms with Crippen LogP contribution in [0.1, 0.15) is 31.4 Å². The van der Waals surface area contributed by atoms with Crippen molar-refractivity contribution < 1.29 is 4.79 Å². The van der Waals surface area contributed by atoms with Gasteiger partial charge in [0.15, 0.2) is 0 Å². The first-order valence-corrected chi connectivity index (χ1v) is 6.10. The van der Waals surface area contributed by atoms with E-state index >= 15 is 0 Å². The molecule has 0 aliphatic carbocycles. The minimum Gasteiger partial charge on any atom is -0.318 e. The molecule has 2 N–H and O–H groups in total. The van der Waals surface area contributed by atoms with E-state index < -0.39 is 5.54 Å². The van der Waals surface area contributed by atoms with E-state index in [9.17, 15) is 4.79 Å². The van der Waals surface area contributed by atoms with Crippen molar-refractivity contribution in [1.82, 2.24) is 0 Å². The van der Waals surface area contributed by atoms with E-state index in [0.29, 0.717) is 0 Å². The summed E-state index contributed by atoms with van der Waals surface area (Å²) < 4.78 is 0. The maximum atomic E-state index is 12.3. The molecule has 1 amide bonds. The molecular formula is C14H20N2O. The fourth-order valence-corrected chi connectivity index (χ4v) is 2.28. The molecule has 1 aliphatic heterocycles. The van der Waals surface area contributed by atoms with Crippen LogP contribution in [-0.2, 0) is 11.2 Å². The van der Waals surface area contributed by atoms with Crippen molar-refractivity contribution in [3.63, 3.8) is 0 Å². The van der Waals surface area contributed by atoms with Crippen LogP contribution in [0.5, 0.6) is 0 Å². The van der Waals surface area contributed by atoms with Crippen LogP contribution in [0.2, 0.25) is 0 Å². The van der Waals surface area contributed by atoms with Gasteiger partial charge >= 0.3 is 0 Å². The minimum absolute atomic E-state index is 0.00213. The van der Waals surface area contributed by atoms with Crippen molar-refractivity contribution in [2.45, 2.75) is 39.2 Å². The molecule has 0 saturated carbocycles. The number of anilines is 1. The molecule has 0 unspecified atom stereocenters. The van der Waals surface area contributed by atoms with Gasteiger partial charge in [-0.25, -0.2) is 0 Å². The van der Waals surface area contributed by atoms with E-state index in [1.807, 2.05) is 17.0 Å². The molecule has 1 aromatic carbocycles. The highest BCUT2D eigenvalue weighted by Crippen LogP contribution is 2.29. The average Bonchev–Trinajstić information content (AvgIpc) is 2.25. The summed E-state index contributed by atoms with van der Waals surface area (Å²) in [6.45, 7) is 6.37. The van der Waals surface area contributed by atoms with Gasteiger partial charge in [0.1, 0.15) is 0 Å². The molecule has 2 rings (SSSR count). The first kappa shape index (κ1) is 12.1. The summed E-state index contributed by atoms with van der Waals surface area (Å²) in [5.41, 5.74) is 8.63. The average molecular weight is 232 g/mol. The predicted octanol–water partition coefficient (Wildman–Crippen LogP) is 2.01. The second-order valence-corrected chi connectivity index (χ2v) is 5.41. The first-order chi connectivity index (χ1) is 7.89. The van der Waals surface area contributed by atoms with Gasteiger partial charge in [-0.3, -0.25) is 4.79 Å². The number of aryl methyl sites for hydroxylation is 2. The first-order valence-electron chi connectivity index (χ1n) is 6.10. The van der Waals surface area contributed by atoms with Crippen LogP contribution in [0.3, 0.4) is 0 Å². The van der Waals surface area contributed by atoms with Crippen molar-refractivity contribution in [3.8, 4) is 0 Å². The van der Waals surface area contributed by atoms with Gasteiger partial charge in [0.25, 0.3) is 0 Å². The van der Waals surface area contributed by atoms with Gasteiger partial charge in [0.2, 0.25) is 5.91 Å². The van der Waals surface area contributed by atoms with E-state index in [-0.39, 0.29) is 5.91 Å². The molecule has 0 bridgehead atoms. The second kappa shape index (κ2) is 4.15. The number of amides is 1. The fourth-order valence-electron chi connectivity index (χ4n) is 2.28. The lowest BCUT2D eigenvalue weighted by Crippen LogP contribution is -2.52. The van der Waals surface area contributed by atoms with Gasteiger partial charge < -0.3 is 10.6 Å². The van der Waals surface area contributed by atoms with Crippen molar-refractivity contribution in [2.75, 3.05) is 11.4 Å². The van der Waals surface area contributed by atoms with Crippen molar-refractivity contribution in [1.29, 1.82) is 0 Å². The maximum Gasteiger partial charge on any atom is 0.246 e. The standard InChI is InChI=1S/C14H20N2O/c1-10-6-7-12-11(9-10)5-4-8-16(12)13(17)14(2,3)15/h6-7,9H,4-5,8,15H2,1-3H3. The molecule has 1 aliphatic rings. The third-order valence-corrected chi connectivity index (χ3v) is 3.15. The van der Waals surface area contributed by atoms with Crippen LogP contribution in [0.25, 0.3) is 0 Å². The van der Waals surface area contributed by atoms with E-state index in [2.05, 4.69) is 13.0 Å².